The smallest absolute Gasteiger partial charge is 0.356 e. The summed E-state index contributed by atoms with van der Waals surface area (Å²) in [5.41, 5.74) is 1.29. The number of nitrogens with one attached hydrogen (secondary N) is 1. The molecule has 0 aliphatic rings. The highest BCUT2D eigenvalue weighted by Gasteiger charge is 2.21. The zero-order chi connectivity index (χ0) is 21.2. The Morgan fingerprint density at radius 3 is 2.48 bits per heavy atom. The molecular weight excluding hydrogens is 370 g/mol. The van der Waals surface area contributed by atoms with Crippen molar-refractivity contribution in [2.45, 2.75) is 26.2 Å². The lowest BCUT2D eigenvalue weighted by molar-refractivity contribution is 0.0593. The van der Waals surface area contributed by atoms with Gasteiger partial charge in [0.1, 0.15) is 11.4 Å². The Bertz CT molecular complexity index is 1120. The van der Waals surface area contributed by atoms with Crippen LogP contribution in [0, 0.1) is 0 Å². The Kier molecular flexibility index (Phi) is 5.41. The monoisotopic (exact) mass is 393 g/mol. The molecule has 150 valence electrons. The number of hydrogen-bond donors (Lipinski definition) is 2. The number of rotatable bonds is 4. The van der Waals surface area contributed by atoms with Crippen molar-refractivity contribution in [3.8, 4) is 11.4 Å². The highest BCUT2D eigenvalue weighted by Crippen LogP contribution is 2.32. The molecule has 2 aromatic carbocycles. The summed E-state index contributed by atoms with van der Waals surface area (Å²) in [5.74, 6) is -0.710. The molecule has 0 aliphatic carbocycles. The van der Waals surface area contributed by atoms with E-state index in [9.17, 15) is 14.7 Å². The first kappa shape index (κ1) is 20.1. The molecular formula is C22H23N3O4. The predicted octanol–water partition coefficient (Wildman–Crippen LogP) is 3.71. The maximum atomic E-state index is 12.9. The van der Waals surface area contributed by atoms with E-state index in [-0.39, 0.29) is 22.4 Å². The summed E-state index contributed by atoms with van der Waals surface area (Å²) < 4.78 is 6.04. The zero-order valence-electron chi connectivity index (χ0n) is 16.8. The van der Waals surface area contributed by atoms with Gasteiger partial charge < -0.3 is 9.84 Å². The van der Waals surface area contributed by atoms with Gasteiger partial charge in [0.05, 0.1) is 18.4 Å². The van der Waals surface area contributed by atoms with Crippen LogP contribution in [0.5, 0.6) is 5.75 Å². The number of carbonyl (C=O) groups is 1. The molecule has 0 saturated carbocycles. The number of aromatic hydroxyl groups is 1. The highest BCUT2D eigenvalue weighted by atomic mass is 16.5. The molecule has 0 saturated heterocycles. The maximum absolute atomic E-state index is 12.9. The minimum absolute atomic E-state index is 0.0171. The molecule has 0 radical (unpaired) electrons. The van der Waals surface area contributed by atoms with E-state index in [2.05, 4.69) is 10.1 Å². The van der Waals surface area contributed by atoms with E-state index in [1.807, 2.05) is 32.9 Å². The summed E-state index contributed by atoms with van der Waals surface area (Å²) in [4.78, 5) is 29.4. The second-order valence-corrected chi connectivity index (χ2v) is 7.58. The minimum Gasteiger partial charge on any atom is -0.506 e. The van der Waals surface area contributed by atoms with Crippen molar-refractivity contribution >= 4 is 17.9 Å². The molecule has 0 atom stereocenters. The molecule has 0 bridgehead atoms. The molecule has 2 N–H and O–H groups in total. The lowest BCUT2D eigenvalue weighted by Crippen LogP contribution is -2.17. The van der Waals surface area contributed by atoms with Crippen LogP contribution in [0.4, 0.5) is 5.69 Å². The fraction of sp³-hybridized carbons (Fsp3) is 0.227. The minimum atomic E-state index is -0.689. The van der Waals surface area contributed by atoms with Crippen LogP contribution in [0.15, 0.2) is 58.3 Å². The Balaban J connectivity index is 2.11. The van der Waals surface area contributed by atoms with Crippen LogP contribution in [0.1, 0.15) is 42.4 Å². The summed E-state index contributed by atoms with van der Waals surface area (Å²) in [5, 5.41) is 12.9. The highest BCUT2D eigenvalue weighted by molar-refractivity contribution is 5.98. The van der Waals surface area contributed by atoms with Gasteiger partial charge in [-0.25, -0.2) is 9.48 Å². The Morgan fingerprint density at radius 1 is 1.17 bits per heavy atom. The van der Waals surface area contributed by atoms with E-state index in [0.29, 0.717) is 11.4 Å². The number of nitrogens with zero attached hydrogens (tertiary/aromatic N) is 2. The molecule has 7 nitrogen and oxygen atoms in total. The number of H-pyrrole nitrogens is 1. The van der Waals surface area contributed by atoms with Gasteiger partial charge in [-0.3, -0.25) is 14.9 Å². The quantitative estimate of drug-likeness (QED) is 0.522. The number of phenolic OH excluding ortho intramolecular Hbond substituents is 1. The Hall–Kier alpha value is -3.61. The zero-order valence-corrected chi connectivity index (χ0v) is 16.8. The van der Waals surface area contributed by atoms with Gasteiger partial charge in [0, 0.05) is 6.21 Å². The van der Waals surface area contributed by atoms with Gasteiger partial charge in [-0.15, -0.1) is 0 Å². The number of hydrogen-bond acceptors (Lipinski definition) is 5. The van der Waals surface area contributed by atoms with E-state index in [0.717, 1.165) is 5.56 Å². The lowest BCUT2D eigenvalue weighted by Gasteiger charge is -2.19. The fourth-order valence-corrected chi connectivity index (χ4v) is 2.81. The Morgan fingerprint density at radius 2 is 1.86 bits per heavy atom. The van der Waals surface area contributed by atoms with E-state index >= 15 is 0 Å². The van der Waals surface area contributed by atoms with Crippen molar-refractivity contribution in [3.05, 3.63) is 75.7 Å². The number of para-hydroxylation sites is 1. The molecule has 29 heavy (non-hydrogen) atoms. The van der Waals surface area contributed by atoms with Crippen LogP contribution in [-0.4, -0.2) is 34.2 Å². The molecule has 0 aliphatic heterocycles. The van der Waals surface area contributed by atoms with Crippen LogP contribution in [-0.2, 0) is 10.2 Å². The molecule has 0 unspecified atom stereocenters. The number of carbonyl (C=O) groups excluding carboxylic acids is 1. The number of benzene rings is 2. The predicted molar refractivity (Wildman–Crippen MR) is 112 cm³/mol. The number of esters is 1. The van der Waals surface area contributed by atoms with Crippen molar-refractivity contribution in [2.75, 3.05) is 7.11 Å². The van der Waals surface area contributed by atoms with Crippen LogP contribution in [0.2, 0.25) is 0 Å². The number of aromatic amines is 1. The second kappa shape index (κ2) is 7.79. The molecule has 3 rings (SSSR count). The van der Waals surface area contributed by atoms with Crippen LogP contribution in [0.3, 0.4) is 0 Å². The second-order valence-electron chi connectivity index (χ2n) is 7.58. The van der Waals surface area contributed by atoms with Crippen LogP contribution < -0.4 is 5.56 Å². The Labute approximate surface area is 168 Å². The number of methoxy groups -OCH3 is 1. The number of ether oxygens (including phenoxy) is 1. The van der Waals surface area contributed by atoms with Gasteiger partial charge in [0.15, 0.2) is 5.69 Å². The van der Waals surface area contributed by atoms with Gasteiger partial charge in [-0.1, -0.05) is 45.0 Å². The van der Waals surface area contributed by atoms with Gasteiger partial charge >= 0.3 is 5.97 Å². The largest absolute Gasteiger partial charge is 0.506 e. The van der Waals surface area contributed by atoms with Crippen molar-refractivity contribution in [3.63, 3.8) is 0 Å². The average molecular weight is 393 g/mol. The summed E-state index contributed by atoms with van der Waals surface area (Å²) in [6.45, 7) is 6.15. The first-order chi connectivity index (χ1) is 13.7. The van der Waals surface area contributed by atoms with Crippen LogP contribution in [0.25, 0.3) is 5.69 Å². The van der Waals surface area contributed by atoms with Gasteiger partial charge in [-0.2, -0.15) is 0 Å². The normalized spacial score (nSPS) is 11.7. The van der Waals surface area contributed by atoms with Crippen molar-refractivity contribution in [1.29, 1.82) is 0 Å². The third-order valence-electron chi connectivity index (χ3n) is 4.50. The molecule has 3 aromatic rings. The van der Waals surface area contributed by atoms with Gasteiger partial charge in [0.25, 0.3) is 5.56 Å². The lowest BCUT2D eigenvalue weighted by atomic mass is 9.87. The van der Waals surface area contributed by atoms with E-state index in [1.54, 1.807) is 36.4 Å². The summed E-state index contributed by atoms with van der Waals surface area (Å²) in [6.07, 6.45) is 1.27. The molecule has 1 aromatic heterocycles. The van der Waals surface area contributed by atoms with E-state index < -0.39 is 11.5 Å². The third-order valence-corrected chi connectivity index (χ3v) is 4.50. The van der Waals surface area contributed by atoms with E-state index in [4.69, 9.17) is 4.74 Å². The van der Waals surface area contributed by atoms with Gasteiger partial charge in [-0.05, 0) is 35.2 Å². The molecule has 7 heteroatoms. The number of aliphatic imine (C=N–C) groups is 1. The first-order valence-corrected chi connectivity index (χ1v) is 9.08. The SMILES string of the molecule is COC(=O)c1[nH]n(-c2ccccc2)c(=O)c1C=Nc1cc(C(C)(C)C)ccc1O. The summed E-state index contributed by atoms with van der Waals surface area (Å²) in [6, 6.07) is 14.0. The topological polar surface area (TPSA) is 96.7 Å². The fourth-order valence-electron chi connectivity index (χ4n) is 2.81. The first-order valence-electron chi connectivity index (χ1n) is 9.08. The molecule has 0 amide bonds. The van der Waals surface area contributed by atoms with Crippen molar-refractivity contribution in [2.24, 2.45) is 4.99 Å². The molecule has 0 fully saturated rings. The molecule has 0 spiro atoms. The number of aromatic nitrogens is 2. The van der Waals surface area contributed by atoms with Crippen LogP contribution >= 0.6 is 0 Å². The van der Waals surface area contributed by atoms with Gasteiger partial charge in [0.2, 0.25) is 0 Å². The van der Waals surface area contributed by atoms with Crippen molar-refractivity contribution in [1.82, 2.24) is 9.78 Å². The number of phenols is 1. The van der Waals surface area contributed by atoms with Crippen molar-refractivity contribution < 1.29 is 14.6 Å². The third kappa shape index (κ3) is 4.13. The van der Waals surface area contributed by atoms with E-state index in [1.165, 1.54) is 18.0 Å². The standard InChI is InChI=1S/C22H23N3O4/c1-22(2,3)14-10-11-18(26)17(12-14)23-13-16-19(21(28)29-4)24-25(20(16)27)15-8-6-5-7-9-15/h5-13,24,26H,1-4H3. The summed E-state index contributed by atoms with van der Waals surface area (Å²) in [7, 11) is 1.24. The average Bonchev–Trinajstić information content (AvgIpc) is 3.03. The maximum Gasteiger partial charge on any atom is 0.356 e. The summed E-state index contributed by atoms with van der Waals surface area (Å²) >= 11 is 0. The molecule has 1 heterocycles.